The molecule has 1 aliphatic heterocycles. The number of furan rings is 1. The molecular formula is C22H17FN2O4S. The Morgan fingerprint density at radius 3 is 2.50 bits per heavy atom. The van der Waals surface area contributed by atoms with E-state index in [1.54, 1.807) is 55.7 Å². The summed E-state index contributed by atoms with van der Waals surface area (Å²) < 4.78 is 29.8. The molecule has 0 unspecified atom stereocenters. The molecule has 0 radical (unpaired) electrons. The van der Waals surface area contributed by atoms with Crippen LogP contribution in [0.2, 0.25) is 0 Å². The molecule has 8 heteroatoms. The fourth-order valence-electron chi connectivity index (χ4n) is 2.99. The Morgan fingerprint density at radius 1 is 1.07 bits per heavy atom. The van der Waals surface area contributed by atoms with E-state index in [0.717, 1.165) is 11.8 Å². The molecule has 2 aromatic carbocycles. The lowest BCUT2D eigenvalue weighted by molar-refractivity contribution is -0.113. The van der Waals surface area contributed by atoms with Crippen molar-refractivity contribution < 1.29 is 23.1 Å². The Hall–Kier alpha value is -3.52. The van der Waals surface area contributed by atoms with Crippen molar-refractivity contribution in [2.45, 2.75) is 0 Å². The van der Waals surface area contributed by atoms with Gasteiger partial charge in [0.2, 0.25) is 0 Å². The molecule has 3 aromatic rings. The van der Waals surface area contributed by atoms with Crippen LogP contribution in [0.15, 0.2) is 63.9 Å². The SMILES string of the molecule is COc1ccc(N2C(=N)S/C(=C/c3ccc(-c4ccc(OC)c(F)c4)o3)C2=O)cc1. The minimum atomic E-state index is -0.489. The molecule has 0 aliphatic carbocycles. The van der Waals surface area contributed by atoms with Gasteiger partial charge in [-0.2, -0.15) is 0 Å². The number of halogens is 1. The zero-order valence-electron chi connectivity index (χ0n) is 16.1. The highest BCUT2D eigenvalue weighted by molar-refractivity contribution is 8.19. The summed E-state index contributed by atoms with van der Waals surface area (Å²) in [4.78, 5) is 14.5. The average Bonchev–Trinajstić information content (AvgIpc) is 3.32. The zero-order valence-corrected chi connectivity index (χ0v) is 17.0. The monoisotopic (exact) mass is 424 g/mol. The summed E-state index contributed by atoms with van der Waals surface area (Å²) in [7, 11) is 2.96. The van der Waals surface area contributed by atoms with Crippen LogP contribution in [0.1, 0.15) is 5.76 Å². The van der Waals surface area contributed by atoms with Crippen molar-refractivity contribution in [1.29, 1.82) is 5.41 Å². The van der Waals surface area contributed by atoms with E-state index in [1.165, 1.54) is 24.1 Å². The molecule has 0 spiro atoms. The molecule has 30 heavy (non-hydrogen) atoms. The number of nitrogens with zero attached hydrogens (tertiary/aromatic N) is 1. The van der Waals surface area contributed by atoms with Crippen molar-refractivity contribution in [3.8, 4) is 22.8 Å². The number of rotatable bonds is 5. The number of nitrogens with one attached hydrogen (secondary N) is 1. The standard InChI is InChI=1S/C22H17FN2O4S/c1-27-15-6-4-14(5-7-15)25-21(26)20(30-22(25)24)12-16-8-10-18(29-16)13-3-9-19(28-2)17(23)11-13/h3-12,24H,1-2H3/b20-12+,24-22?. The van der Waals surface area contributed by atoms with Crippen LogP contribution in [0, 0.1) is 11.2 Å². The quantitative estimate of drug-likeness (QED) is 0.573. The summed E-state index contributed by atoms with van der Waals surface area (Å²) in [5.41, 5.74) is 1.13. The Kier molecular flexibility index (Phi) is 5.33. The molecule has 4 rings (SSSR count). The third kappa shape index (κ3) is 3.69. The lowest BCUT2D eigenvalue weighted by atomic mass is 10.1. The van der Waals surface area contributed by atoms with Crippen molar-refractivity contribution in [3.05, 3.63) is 71.1 Å². The number of carbonyl (C=O) groups excluding carboxylic acids is 1. The van der Waals surface area contributed by atoms with Gasteiger partial charge in [0.25, 0.3) is 5.91 Å². The second kappa shape index (κ2) is 8.08. The van der Waals surface area contributed by atoms with Gasteiger partial charge in [0.15, 0.2) is 16.7 Å². The zero-order chi connectivity index (χ0) is 21.3. The summed E-state index contributed by atoms with van der Waals surface area (Å²) in [5, 5.41) is 8.28. The van der Waals surface area contributed by atoms with Crippen LogP contribution in [0.5, 0.6) is 11.5 Å². The largest absolute Gasteiger partial charge is 0.497 e. The molecule has 0 bridgehead atoms. The van der Waals surface area contributed by atoms with E-state index in [9.17, 15) is 9.18 Å². The van der Waals surface area contributed by atoms with Crippen LogP contribution in [0.4, 0.5) is 10.1 Å². The summed E-state index contributed by atoms with van der Waals surface area (Å²) in [6.45, 7) is 0. The predicted octanol–water partition coefficient (Wildman–Crippen LogP) is 5.16. The molecule has 1 fully saturated rings. The van der Waals surface area contributed by atoms with Crippen LogP contribution in [-0.2, 0) is 4.79 Å². The van der Waals surface area contributed by atoms with E-state index < -0.39 is 5.82 Å². The number of hydrogen-bond acceptors (Lipinski definition) is 6. The minimum absolute atomic E-state index is 0.0976. The lowest BCUT2D eigenvalue weighted by Gasteiger charge is -2.14. The van der Waals surface area contributed by atoms with Crippen LogP contribution in [0.25, 0.3) is 17.4 Å². The number of benzene rings is 2. The maximum atomic E-state index is 14.0. The number of hydrogen-bond donors (Lipinski definition) is 1. The van der Waals surface area contributed by atoms with Crippen molar-refractivity contribution in [2.24, 2.45) is 0 Å². The first kappa shape index (κ1) is 19.8. The normalized spacial score (nSPS) is 15.2. The van der Waals surface area contributed by atoms with E-state index in [-0.39, 0.29) is 16.8 Å². The highest BCUT2D eigenvalue weighted by atomic mass is 32.2. The number of thioether (sulfide) groups is 1. The molecule has 1 N–H and O–H groups in total. The van der Waals surface area contributed by atoms with Gasteiger partial charge in [-0.05, 0) is 66.4 Å². The second-order valence-corrected chi connectivity index (χ2v) is 7.34. The number of anilines is 1. The van der Waals surface area contributed by atoms with Gasteiger partial charge in [-0.1, -0.05) is 0 Å². The number of ether oxygens (including phenoxy) is 2. The van der Waals surface area contributed by atoms with Crippen LogP contribution in [-0.4, -0.2) is 25.3 Å². The van der Waals surface area contributed by atoms with Crippen molar-refractivity contribution in [3.63, 3.8) is 0 Å². The van der Waals surface area contributed by atoms with E-state index in [0.29, 0.717) is 33.4 Å². The van der Waals surface area contributed by atoms with Crippen molar-refractivity contribution in [2.75, 3.05) is 19.1 Å². The first-order valence-electron chi connectivity index (χ1n) is 8.90. The number of methoxy groups -OCH3 is 2. The lowest BCUT2D eigenvalue weighted by Crippen LogP contribution is -2.27. The summed E-state index contributed by atoms with van der Waals surface area (Å²) in [6.07, 6.45) is 1.58. The fraction of sp³-hybridized carbons (Fsp3) is 0.0909. The van der Waals surface area contributed by atoms with Gasteiger partial charge in [-0.3, -0.25) is 15.1 Å². The first-order chi connectivity index (χ1) is 14.5. The van der Waals surface area contributed by atoms with Gasteiger partial charge in [0.1, 0.15) is 17.3 Å². The number of amidine groups is 1. The van der Waals surface area contributed by atoms with Gasteiger partial charge in [-0.25, -0.2) is 4.39 Å². The second-order valence-electron chi connectivity index (χ2n) is 6.31. The van der Waals surface area contributed by atoms with Crippen LogP contribution < -0.4 is 14.4 Å². The number of carbonyl (C=O) groups is 1. The van der Waals surface area contributed by atoms with Crippen molar-refractivity contribution >= 4 is 34.6 Å². The smallest absolute Gasteiger partial charge is 0.271 e. The number of amides is 1. The maximum Gasteiger partial charge on any atom is 0.271 e. The minimum Gasteiger partial charge on any atom is -0.497 e. The van der Waals surface area contributed by atoms with E-state index in [4.69, 9.17) is 19.3 Å². The summed E-state index contributed by atoms with van der Waals surface area (Å²) >= 11 is 1.05. The van der Waals surface area contributed by atoms with Crippen molar-refractivity contribution in [1.82, 2.24) is 0 Å². The van der Waals surface area contributed by atoms with Gasteiger partial charge in [0.05, 0.1) is 24.8 Å². The topological polar surface area (TPSA) is 75.8 Å². The van der Waals surface area contributed by atoms with Gasteiger partial charge >= 0.3 is 0 Å². The highest BCUT2D eigenvalue weighted by Crippen LogP contribution is 2.36. The Morgan fingerprint density at radius 2 is 1.83 bits per heavy atom. The predicted molar refractivity (Wildman–Crippen MR) is 114 cm³/mol. The van der Waals surface area contributed by atoms with Gasteiger partial charge < -0.3 is 13.9 Å². The van der Waals surface area contributed by atoms with Gasteiger partial charge in [0, 0.05) is 11.6 Å². The van der Waals surface area contributed by atoms with E-state index >= 15 is 0 Å². The molecule has 1 aromatic heterocycles. The third-order valence-corrected chi connectivity index (χ3v) is 5.38. The Balaban J connectivity index is 1.57. The van der Waals surface area contributed by atoms with Crippen LogP contribution >= 0.6 is 11.8 Å². The molecule has 1 aliphatic rings. The summed E-state index contributed by atoms with van der Waals surface area (Å²) in [5.74, 6) is 0.901. The maximum absolute atomic E-state index is 14.0. The van der Waals surface area contributed by atoms with Crippen LogP contribution in [0.3, 0.4) is 0 Å². The molecule has 2 heterocycles. The third-order valence-electron chi connectivity index (χ3n) is 4.49. The summed E-state index contributed by atoms with van der Waals surface area (Å²) in [6, 6.07) is 14.8. The fourth-order valence-corrected chi connectivity index (χ4v) is 3.83. The molecule has 152 valence electrons. The van der Waals surface area contributed by atoms with E-state index in [1.807, 2.05) is 0 Å². The van der Waals surface area contributed by atoms with E-state index in [2.05, 4.69) is 0 Å². The Bertz CT molecular complexity index is 1150. The molecular weight excluding hydrogens is 407 g/mol. The Labute approximate surface area is 176 Å². The van der Waals surface area contributed by atoms with Gasteiger partial charge in [-0.15, -0.1) is 0 Å². The molecule has 6 nitrogen and oxygen atoms in total. The molecule has 0 saturated carbocycles. The molecule has 0 atom stereocenters. The first-order valence-corrected chi connectivity index (χ1v) is 9.72. The molecule has 1 amide bonds. The average molecular weight is 424 g/mol. The highest BCUT2D eigenvalue weighted by Gasteiger charge is 2.33. The molecule has 1 saturated heterocycles.